The number of methoxy groups -OCH3 is 1. The normalized spacial score (nSPS) is 10.6. The van der Waals surface area contributed by atoms with Crippen LogP contribution < -0.4 is 0 Å². The van der Waals surface area contributed by atoms with E-state index in [1.807, 2.05) is 25.1 Å². The minimum absolute atomic E-state index is 0.238. The molecule has 0 saturated heterocycles. The van der Waals surface area contributed by atoms with E-state index in [9.17, 15) is 9.59 Å². The first kappa shape index (κ1) is 12.8. The minimum Gasteiger partial charge on any atom is -0.469 e. The molecule has 1 heterocycles. The number of halogens is 1. The van der Waals surface area contributed by atoms with Gasteiger partial charge < -0.3 is 9.72 Å². The fourth-order valence-corrected chi connectivity index (χ4v) is 2.54. The highest BCUT2D eigenvalue weighted by atomic mass is 79.9. The monoisotopic (exact) mass is 309 g/mol. The SMILES string of the molecule is COC(=O)CC(=O)c1c(C)[nH]c2cccc(Br)c12. The molecule has 94 valence electrons. The maximum atomic E-state index is 12.1. The quantitative estimate of drug-likeness (QED) is 0.538. The maximum absolute atomic E-state index is 12.1. The summed E-state index contributed by atoms with van der Waals surface area (Å²) in [5.41, 5.74) is 2.17. The van der Waals surface area contributed by atoms with Crippen LogP contribution in [0.5, 0.6) is 0 Å². The molecule has 0 atom stereocenters. The van der Waals surface area contributed by atoms with Crippen molar-refractivity contribution in [1.82, 2.24) is 4.98 Å². The number of carbonyl (C=O) groups excluding carboxylic acids is 2. The molecule has 1 N–H and O–H groups in total. The van der Waals surface area contributed by atoms with Gasteiger partial charge in [0, 0.05) is 26.6 Å². The number of Topliss-reactive ketones (excluding diaryl/α,β-unsaturated/α-hetero) is 1. The number of esters is 1. The Morgan fingerprint density at radius 3 is 2.78 bits per heavy atom. The second kappa shape index (κ2) is 4.94. The number of aromatic nitrogens is 1. The molecular formula is C13H12BrNO3. The number of aromatic amines is 1. The average Bonchev–Trinajstić information content (AvgIpc) is 2.66. The van der Waals surface area contributed by atoms with Gasteiger partial charge in [-0.2, -0.15) is 0 Å². The summed E-state index contributed by atoms with van der Waals surface area (Å²) in [6, 6.07) is 5.64. The fourth-order valence-electron chi connectivity index (χ4n) is 1.97. The number of hydrogen-bond acceptors (Lipinski definition) is 3. The molecule has 0 spiro atoms. The summed E-state index contributed by atoms with van der Waals surface area (Å²) in [6.07, 6.45) is -0.244. The lowest BCUT2D eigenvalue weighted by molar-refractivity contribution is -0.139. The van der Waals surface area contributed by atoms with Crippen LogP contribution in [0.3, 0.4) is 0 Å². The van der Waals surface area contributed by atoms with Gasteiger partial charge in [0.2, 0.25) is 0 Å². The summed E-state index contributed by atoms with van der Waals surface area (Å²) in [5.74, 6) is -0.765. The fraction of sp³-hybridized carbons (Fsp3) is 0.231. The number of ether oxygens (including phenoxy) is 1. The van der Waals surface area contributed by atoms with Crippen LogP contribution in [0.2, 0.25) is 0 Å². The predicted octanol–water partition coefficient (Wildman–Crippen LogP) is 2.98. The highest BCUT2D eigenvalue weighted by molar-refractivity contribution is 9.10. The van der Waals surface area contributed by atoms with E-state index in [2.05, 4.69) is 25.7 Å². The van der Waals surface area contributed by atoms with E-state index in [1.54, 1.807) is 0 Å². The first-order valence-electron chi connectivity index (χ1n) is 5.41. The summed E-state index contributed by atoms with van der Waals surface area (Å²) < 4.78 is 5.35. The third-order valence-corrected chi connectivity index (χ3v) is 3.43. The largest absolute Gasteiger partial charge is 0.469 e. The summed E-state index contributed by atoms with van der Waals surface area (Å²) in [6.45, 7) is 1.82. The van der Waals surface area contributed by atoms with Crippen molar-refractivity contribution in [3.05, 3.63) is 33.9 Å². The first-order valence-corrected chi connectivity index (χ1v) is 6.20. The third-order valence-electron chi connectivity index (χ3n) is 2.77. The second-order valence-corrected chi connectivity index (χ2v) is 4.82. The van der Waals surface area contributed by atoms with Crippen molar-refractivity contribution in [3.8, 4) is 0 Å². The maximum Gasteiger partial charge on any atom is 0.313 e. The van der Waals surface area contributed by atoms with Crippen molar-refractivity contribution in [2.75, 3.05) is 7.11 Å². The highest BCUT2D eigenvalue weighted by Crippen LogP contribution is 2.30. The summed E-state index contributed by atoms with van der Waals surface area (Å²) in [4.78, 5) is 26.4. The van der Waals surface area contributed by atoms with E-state index in [-0.39, 0.29) is 12.2 Å². The molecule has 5 heteroatoms. The van der Waals surface area contributed by atoms with Crippen molar-refractivity contribution in [2.24, 2.45) is 0 Å². The molecule has 0 unspecified atom stereocenters. The Morgan fingerprint density at radius 1 is 1.39 bits per heavy atom. The smallest absolute Gasteiger partial charge is 0.313 e. The van der Waals surface area contributed by atoms with Gasteiger partial charge in [-0.3, -0.25) is 9.59 Å². The van der Waals surface area contributed by atoms with Crippen molar-refractivity contribution < 1.29 is 14.3 Å². The molecule has 4 nitrogen and oxygen atoms in total. The van der Waals surface area contributed by atoms with E-state index in [0.717, 1.165) is 21.1 Å². The zero-order valence-electron chi connectivity index (χ0n) is 10.0. The Morgan fingerprint density at radius 2 is 2.11 bits per heavy atom. The number of rotatable bonds is 3. The molecule has 0 amide bonds. The Balaban J connectivity index is 2.53. The Labute approximate surface area is 112 Å². The molecule has 2 aromatic rings. The van der Waals surface area contributed by atoms with Crippen LogP contribution >= 0.6 is 15.9 Å². The minimum atomic E-state index is -0.527. The lowest BCUT2D eigenvalue weighted by Crippen LogP contribution is -2.10. The van der Waals surface area contributed by atoms with Crippen LogP contribution in [0, 0.1) is 6.92 Å². The van der Waals surface area contributed by atoms with E-state index >= 15 is 0 Å². The number of carbonyl (C=O) groups is 2. The van der Waals surface area contributed by atoms with Gasteiger partial charge in [0.15, 0.2) is 5.78 Å². The van der Waals surface area contributed by atoms with Crippen LogP contribution in [-0.4, -0.2) is 23.8 Å². The van der Waals surface area contributed by atoms with Gasteiger partial charge in [-0.05, 0) is 19.1 Å². The van der Waals surface area contributed by atoms with Crippen molar-refractivity contribution in [2.45, 2.75) is 13.3 Å². The molecule has 0 fully saturated rings. The highest BCUT2D eigenvalue weighted by Gasteiger charge is 2.20. The zero-order valence-corrected chi connectivity index (χ0v) is 11.6. The van der Waals surface area contributed by atoms with E-state index < -0.39 is 5.97 Å². The summed E-state index contributed by atoms with van der Waals surface area (Å²) >= 11 is 3.42. The number of benzene rings is 1. The van der Waals surface area contributed by atoms with Gasteiger partial charge in [0.25, 0.3) is 0 Å². The molecule has 1 aromatic carbocycles. The van der Waals surface area contributed by atoms with Gasteiger partial charge in [-0.1, -0.05) is 22.0 Å². The van der Waals surface area contributed by atoms with Gasteiger partial charge >= 0.3 is 5.97 Å². The van der Waals surface area contributed by atoms with Crippen LogP contribution in [0.15, 0.2) is 22.7 Å². The lowest BCUT2D eigenvalue weighted by Gasteiger charge is -2.01. The van der Waals surface area contributed by atoms with Crippen molar-refractivity contribution in [3.63, 3.8) is 0 Å². The van der Waals surface area contributed by atoms with Gasteiger partial charge in [-0.15, -0.1) is 0 Å². The van der Waals surface area contributed by atoms with Gasteiger partial charge in [0.05, 0.1) is 7.11 Å². The molecule has 0 bridgehead atoms. The number of nitrogens with one attached hydrogen (secondary N) is 1. The number of H-pyrrole nitrogens is 1. The van der Waals surface area contributed by atoms with Gasteiger partial charge in [-0.25, -0.2) is 0 Å². The average molecular weight is 310 g/mol. The number of aryl methyl sites for hydroxylation is 1. The predicted molar refractivity (Wildman–Crippen MR) is 71.7 cm³/mol. The molecule has 0 saturated carbocycles. The third kappa shape index (κ3) is 2.18. The van der Waals surface area contributed by atoms with Crippen LogP contribution in [0.1, 0.15) is 22.5 Å². The van der Waals surface area contributed by atoms with Crippen molar-refractivity contribution in [1.29, 1.82) is 0 Å². The molecule has 18 heavy (non-hydrogen) atoms. The molecule has 2 rings (SSSR count). The molecule has 0 aliphatic carbocycles. The zero-order chi connectivity index (χ0) is 13.3. The first-order chi connectivity index (χ1) is 8.54. The van der Waals surface area contributed by atoms with E-state index in [1.165, 1.54) is 7.11 Å². The van der Waals surface area contributed by atoms with Crippen LogP contribution in [0.25, 0.3) is 10.9 Å². The van der Waals surface area contributed by atoms with Crippen molar-refractivity contribution >= 4 is 38.6 Å². The molecular weight excluding hydrogens is 298 g/mol. The van der Waals surface area contributed by atoms with Gasteiger partial charge in [0.1, 0.15) is 6.42 Å². The second-order valence-electron chi connectivity index (χ2n) is 3.96. The number of hydrogen-bond donors (Lipinski definition) is 1. The molecule has 0 aliphatic heterocycles. The number of fused-ring (bicyclic) bond motifs is 1. The molecule has 1 aromatic heterocycles. The standard InChI is InChI=1S/C13H12BrNO3/c1-7-12(10(16)6-11(17)18-2)13-8(14)4-3-5-9(13)15-7/h3-5,15H,6H2,1-2H3. The molecule has 0 aliphatic rings. The van der Waals surface area contributed by atoms with E-state index in [4.69, 9.17) is 0 Å². The Bertz CT molecular complexity index is 630. The Hall–Kier alpha value is -1.62. The Kier molecular flexibility index (Phi) is 3.52. The van der Waals surface area contributed by atoms with E-state index in [0.29, 0.717) is 5.56 Å². The topological polar surface area (TPSA) is 59.2 Å². The van der Waals surface area contributed by atoms with Crippen LogP contribution in [-0.2, 0) is 9.53 Å². The lowest BCUT2D eigenvalue weighted by atomic mass is 10.0. The number of ketones is 1. The summed E-state index contributed by atoms with van der Waals surface area (Å²) in [5, 5.41) is 0.809. The summed E-state index contributed by atoms with van der Waals surface area (Å²) in [7, 11) is 1.27. The molecule has 0 radical (unpaired) electrons. The van der Waals surface area contributed by atoms with Crippen LogP contribution in [0.4, 0.5) is 0 Å².